The van der Waals surface area contributed by atoms with Gasteiger partial charge in [-0.2, -0.15) is 24.9 Å². The summed E-state index contributed by atoms with van der Waals surface area (Å²) in [6, 6.07) is 1.34. The fourth-order valence-corrected chi connectivity index (χ4v) is 2.27. The van der Waals surface area contributed by atoms with Crippen LogP contribution in [-0.2, 0) is 24.6 Å². The molecule has 0 saturated heterocycles. The number of aromatic nitrogens is 2. The molecule has 0 aliphatic rings. The van der Waals surface area contributed by atoms with Gasteiger partial charge in [-0.1, -0.05) is 0 Å². The topological polar surface area (TPSA) is 53.2 Å². The Bertz CT molecular complexity index is 566. The van der Waals surface area contributed by atoms with Crippen molar-refractivity contribution >= 4 is 11.8 Å². The maximum Gasteiger partial charge on any atom is 0.411 e. The van der Waals surface area contributed by atoms with Gasteiger partial charge < -0.3 is 4.74 Å². The molecule has 1 rings (SSSR count). The molecular formula is C11H15F3N2O3S. The first kappa shape index (κ1) is 16.8. The molecule has 1 aromatic heterocycles. The Morgan fingerprint density at radius 1 is 1.25 bits per heavy atom. The predicted octanol–water partition coefficient (Wildman–Crippen LogP) is 0.896. The van der Waals surface area contributed by atoms with E-state index in [9.17, 15) is 22.8 Å². The molecule has 9 heteroatoms. The van der Waals surface area contributed by atoms with E-state index in [4.69, 9.17) is 0 Å². The molecule has 0 aliphatic carbocycles. The number of hydrogen-bond acceptors (Lipinski definition) is 4. The number of ether oxygens (including phenoxy) is 1. The lowest BCUT2D eigenvalue weighted by atomic mass is 10.4. The van der Waals surface area contributed by atoms with Gasteiger partial charge >= 0.3 is 11.9 Å². The predicted molar refractivity (Wildman–Crippen MR) is 70.0 cm³/mol. The number of hydrogen-bond donors (Lipinski definition) is 0. The molecule has 0 aliphatic heterocycles. The highest BCUT2D eigenvalue weighted by atomic mass is 32.2. The van der Waals surface area contributed by atoms with Gasteiger partial charge in [0.15, 0.2) is 0 Å². The monoisotopic (exact) mass is 312 g/mol. The summed E-state index contributed by atoms with van der Waals surface area (Å²) in [5.41, 5.74) is -0.308. The highest BCUT2D eigenvalue weighted by Crippen LogP contribution is 2.15. The fourth-order valence-electron chi connectivity index (χ4n) is 1.40. The van der Waals surface area contributed by atoms with Crippen LogP contribution >= 0.6 is 11.8 Å². The molecule has 0 saturated carbocycles. The van der Waals surface area contributed by atoms with Crippen LogP contribution < -0.4 is 11.2 Å². The van der Waals surface area contributed by atoms with E-state index in [1.54, 1.807) is 0 Å². The second-order valence-corrected chi connectivity index (χ2v) is 5.20. The minimum Gasteiger partial charge on any atom is -0.371 e. The van der Waals surface area contributed by atoms with Crippen molar-refractivity contribution in [3.8, 4) is 0 Å². The third kappa shape index (κ3) is 5.04. The van der Waals surface area contributed by atoms with Crippen LogP contribution in [0.1, 0.15) is 5.69 Å². The first-order chi connectivity index (χ1) is 9.22. The summed E-state index contributed by atoms with van der Waals surface area (Å²) >= 11 is 1.29. The first-order valence-electron chi connectivity index (χ1n) is 5.70. The summed E-state index contributed by atoms with van der Waals surface area (Å²) in [6.45, 7) is -1.30. The lowest BCUT2D eigenvalue weighted by Crippen LogP contribution is -2.37. The number of nitrogens with zero attached hydrogens (tertiary/aromatic N) is 2. The van der Waals surface area contributed by atoms with Crippen LogP contribution in [0, 0.1) is 0 Å². The molecule has 0 unspecified atom stereocenters. The van der Waals surface area contributed by atoms with E-state index >= 15 is 0 Å². The lowest BCUT2D eigenvalue weighted by molar-refractivity contribution is -0.172. The molecule has 5 nitrogen and oxygen atoms in total. The second kappa shape index (κ2) is 6.98. The van der Waals surface area contributed by atoms with Gasteiger partial charge in [0, 0.05) is 37.4 Å². The fraction of sp³-hybridized carbons (Fsp3) is 0.636. The average molecular weight is 312 g/mol. The summed E-state index contributed by atoms with van der Waals surface area (Å²) in [5, 5.41) is 0. The van der Waals surface area contributed by atoms with Crippen LogP contribution in [0.4, 0.5) is 13.2 Å². The zero-order valence-electron chi connectivity index (χ0n) is 11.1. The van der Waals surface area contributed by atoms with Crippen molar-refractivity contribution in [2.24, 2.45) is 14.1 Å². The lowest BCUT2D eigenvalue weighted by Gasteiger charge is -2.10. The third-order valence-electron chi connectivity index (χ3n) is 2.51. The molecule has 0 atom stereocenters. The summed E-state index contributed by atoms with van der Waals surface area (Å²) < 4.78 is 42.2. The number of halogens is 3. The SMILES string of the molecule is Cn1c(CSCCOCC(F)(F)F)cc(=O)n(C)c1=O. The molecule has 0 amide bonds. The van der Waals surface area contributed by atoms with Gasteiger partial charge in [-0.05, 0) is 0 Å². The molecule has 0 bridgehead atoms. The first-order valence-corrected chi connectivity index (χ1v) is 6.86. The summed E-state index contributed by atoms with van der Waals surface area (Å²) in [7, 11) is 2.92. The molecule has 0 spiro atoms. The van der Waals surface area contributed by atoms with Crippen molar-refractivity contribution in [3.63, 3.8) is 0 Å². The van der Waals surface area contributed by atoms with Crippen LogP contribution in [-0.4, -0.2) is 34.3 Å². The average Bonchev–Trinajstić information content (AvgIpc) is 2.35. The zero-order valence-corrected chi connectivity index (χ0v) is 11.9. The van der Waals surface area contributed by atoms with Gasteiger partial charge in [-0.25, -0.2) is 4.79 Å². The third-order valence-corrected chi connectivity index (χ3v) is 3.47. The Morgan fingerprint density at radius 3 is 2.50 bits per heavy atom. The smallest absolute Gasteiger partial charge is 0.371 e. The molecule has 0 N–H and O–H groups in total. The number of thioether (sulfide) groups is 1. The Kier molecular flexibility index (Phi) is 5.88. The van der Waals surface area contributed by atoms with Crippen molar-refractivity contribution in [2.45, 2.75) is 11.9 Å². The van der Waals surface area contributed by atoms with Crippen molar-refractivity contribution in [2.75, 3.05) is 19.0 Å². The number of rotatable bonds is 6. The Labute approximate surface area is 117 Å². The highest BCUT2D eigenvalue weighted by Gasteiger charge is 2.27. The Morgan fingerprint density at radius 2 is 1.90 bits per heavy atom. The van der Waals surface area contributed by atoms with E-state index in [1.165, 1.54) is 36.5 Å². The standard InChI is InChI=1S/C11H15F3N2O3S/c1-15-8(5-9(17)16(2)10(15)18)6-20-4-3-19-7-11(12,13)14/h5H,3-4,6-7H2,1-2H3. The number of alkyl halides is 3. The van der Waals surface area contributed by atoms with E-state index in [0.717, 1.165) is 4.57 Å². The summed E-state index contributed by atoms with van der Waals surface area (Å²) in [5.74, 6) is 0.705. The molecule has 0 radical (unpaired) electrons. The van der Waals surface area contributed by atoms with Gasteiger partial charge in [0.1, 0.15) is 6.61 Å². The van der Waals surface area contributed by atoms with Crippen molar-refractivity contribution in [1.82, 2.24) is 9.13 Å². The van der Waals surface area contributed by atoms with Crippen LogP contribution in [0.5, 0.6) is 0 Å². The Hall–Kier alpha value is -1.22. The van der Waals surface area contributed by atoms with Crippen molar-refractivity contribution < 1.29 is 17.9 Å². The molecule has 114 valence electrons. The van der Waals surface area contributed by atoms with Crippen LogP contribution in [0.3, 0.4) is 0 Å². The summed E-state index contributed by atoms with van der Waals surface area (Å²) in [4.78, 5) is 23.1. The van der Waals surface area contributed by atoms with E-state index in [1.807, 2.05) is 0 Å². The van der Waals surface area contributed by atoms with E-state index in [2.05, 4.69) is 4.74 Å². The van der Waals surface area contributed by atoms with Crippen LogP contribution in [0.2, 0.25) is 0 Å². The molecular weight excluding hydrogens is 297 g/mol. The molecule has 1 heterocycles. The van der Waals surface area contributed by atoms with Gasteiger partial charge in [0.2, 0.25) is 0 Å². The van der Waals surface area contributed by atoms with Gasteiger partial charge in [0.05, 0.1) is 6.61 Å². The quantitative estimate of drug-likeness (QED) is 0.732. The van der Waals surface area contributed by atoms with Gasteiger partial charge in [0.25, 0.3) is 5.56 Å². The van der Waals surface area contributed by atoms with Crippen LogP contribution in [0.15, 0.2) is 15.7 Å². The molecule has 0 fully saturated rings. The minimum absolute atomic E-state index is 0.0387. The van der Waals surface area contributed by atoms with Crippen LogP contribution in [0.25, 0.3) is 0 Å². The normalized spacial score (nSPS) is 11.8. The maximum absolute atomic E-state index is 11.8. The van der Waals surface area contributed by atoms with Crippen molar-refractivity contribution in [1.29, 1.82) is 0 Å². The van der Waals surface area contributed by atoms with E-state index in [-0.39, 0.29) is 6.61 Å². The van der Waals surface area contributed by atoms with E-state index in [0.29, 0.717) is 17.2 Å². The molecule has 20 heavy (non-hydrogen) atoms. The van der Waals surface area contributed by atoms with Crippen molar-refractivity contribution in [3.05, 3.63) is 32.6 Å². The highest BCUT2D eigenvalue weighted by molar-refractivity contribution is 7.98. The zero-order chi connectivity index (χ0) is 15.3. The van der Waals surface area contributed by atoms with Gasteiger partial charge in [-0.15, -0.1) is 0 Å². The van der Waals surface area contributed by atoms with E-state index < -0.39 is 24.0 Å². The maximum atomic E-state index is 11.8. The van der Waals surface area contributed by atoms with Gasteiger partial charge in [-0.3, -0.25) is 13.9 Å². The summed E-state index contributed by atoms with van der Waals surface area (Å²) in [6.07, 6.45) is -4.32. The second-order valence-electron chi connectivity index (χ2n) is 4.09. The Balaban J connectivity index is 2.44. The largest absolute Gasteiger partial charge is 0.411 e. The molecule has 0 aromatic carbocycles. The minimum atomic E-state index is -4.32. The molecule has 1 aromatic rings.